The van der Waals surface area contributed by atoms with E-state index in [-0.39, 0.29) is 0 Å². The molecule has 1 fully saturated rings. The molecule has 0 unspecified atom stereocenters. The smallest absolute Gasteiger partial charge is 0.121 e. The van der Waals surface area contributed by atoms with Gasteiger partial charge in [0.25, 0.3) is 0 Å². The van der Waals surface area contributed by atoms with Crippen LogP contribution in [0.5, 0.6) is 0 Å². The van der Waals surface area contributed by atoms with Gasteiger partial charge in [-0.1, -0.05) is 12.8 Å². The Labute approximate surface area is 94.5 Å². The largest absolute Gasteiger partial charge is 0.340 e. The van der Waals surface area contributed by atoms with Crippen molar-refractivity contribution < 1.29 is 0 Å². The number of nitrogens with zero attached hydrogens (tertiary/aromatic N) is 2. The van der Waals surface area contributed by atoms with Crippen molar-refractivity contribution in [2.75, 3.05) is 0 Å². The van der Waals surface area contributed by atoms with Crippen molar-refractivity contribution in [3.05, 3.63) is 24.3 Å². The molecule has 2 aromatic heterocycles. The number of hydrogen-bond donors (Lipinski definition) is 2. The lowest BCUT2D eigenvalue weighted by Crippen LogP contribution is -2.25. The lowest BCUT2D eigenvalue weighted by atomic mass is 10.2. The van der Waals surface area contributed by atoms with Crippen LogP contribution in [0.3, 0.4) is 0 Å². The zero-order valence-electron chi connectivity index (χ0n) is 9.24. The van der Waals surface area contributed by atoms with E-state index in [1.54, 1.807) is 6.20 Å². The molecule has 0 radical (unpaired) electrons. The van der Waals surface area contributed by atoms with E-state index in [1.165, 1.54) is 25.7 Å². The molecule has 1 saturated carbocycles. The molecule has 4 nitrogen and oxygen atoms in total. The zero-order valence-corrected chi connectivity index (χ0v) is 9.24. The SMILES string of the molecule is c1cc2nc(CNC3CCCC3)[nH]c2cn1. The molecule has 2 heterocycles. The normalized spacial score (nSPS) is 17.2. The van der Waals surface area contributed by atoms with Crippen LogP contribution in [0.1, 0.15) is 31.5 Å². The second-order valence-electron chi connectivity index (χ2n) is 4.44. The predicted octanol–water partition coefficient (Wildman–Crippen LogP) is 1.99. The summed E-state index contributed by atoms with van der Waals surface area (Å²) in [7, 11) is 0. The minimum absolute atomic E-state index is 0.686. The Hall–Kier alpha value is -1.42. The fraction of sp³-hybridized carbons (Fsp3) is 0.500. The lowest BCUT2D eigenvalue weighted by Gasteiger charge is -2.09. The van der Waals surface area contributed by atoms with Gasteiger partial charge in [-0.25, -0.2) is 4.98 Å². The fourth-order valence-electron chi connectivity index (χ4n) is 2.36. The molecule has 0 aromatic carbocycles. The first-order valence-corrected chi connectivity index (χ1v) is 5.94. The summed E-state index contributed by atoms with van der Waals surface area (Å²) in [6.45, 7) is 0.833. The van der Waals surface area contributed by atoms with Gasteiger partial charge >= 0.3 is 0 Å². The zero-order chi connectivity index (χ0) is 10.8. The maximum absolute atomic E-state index is 4.52. The fourth-order valence-corrected chi connectivity index (χ4v) is 2.36. The molecule has 3 rings (SSSR count). The Morgan fingerprint density at radius 1 is 1.38 bits per heavy atom. The van der Waals surface area contributed by atoms with E-state index in [0.29, 0.717) is 6.04 Å². The van der Waals surface area contributed by atoms with Crippen LogP contribution >= 0.6 is 0 Å². The number of hydrogen-bond acceptors (Lipinski definition) is 3. The highest BCUT2D eigenvalue weighted by Gasteiger charge is 2.14. The maximum atomic E-state index is 4.52. The first-order chi connectivity index (χ1) is 7.92. The van der Waals surface area contributed by atoms with Crippen LogP contribution in [0.15, 0.2) is 18.5 Å². The number of rotatable bonds is 3. The molecule has 0 atom stereocenters. The van der Waals surface area contributed by atoms with Gasteiger partial charge in [0.1, 0.15) is 5.82 Å². The molecule has 1 aliphatic rings. The van der Waals surface area contributed by atoms with E-state index in [1.807, 2.05) is 12.3 Å². The third kappa shape index (κ3) is 1.93. The lowest BCUT2D eigenvalue weighted by molar-refractivity contribution is 0.516. The molecule has 16 heavy (non-hydrogen) atoms. The summed E-state index contributed by atoms with van der Waals surface area (Å²) in [5.41, 5.74) is 2.02. The molecule has 2 N–H and O–H groups in total. The molecule has 2 aromatic rings. The van der Waals surface area contributed by atoms with Crippen molar-refractivity contribution in [3.8, 4) is 0 Å². The molecular weight excluding hydrogens is 200 g/mol. The number of H-pyrrole nitrogens is 1. The van der Waals surface area contributed by atoms with Gasteiger partial charge < -0.3 is 10.3 Å². The molecule has 84 valence electrons. The van der Waals surface area contributed by atoms with Crippen LogP contribution < -0.4 is 5.32 Å². The van der Waals surface area contributed by atoms with Crippen LogP contribution in [0.2, 0.25) is 0 Å². The van der Waals surface area contributed by atoms with E-state index in [0.717, 1.165) is 23.4 Å². The van der Waals surface area contributed by atoms with E-state index >= 15 is 0 Å². The molecule has 0 amide bonds. The Kier molecular flexibility index (Phi) is 2.58. The number of aromatic amines is 1. The molecule has 4 heteroatoms. The van der Waals surface area contributed by atoms with E-state index in [4.69, 9.17) is 0 Å². The van der Waals surface area contributed by atoms with Crippen molar-refractivity contribution >= 4 is 11.0 Å². The van der Waals surface area contributed by atoms with Crippen LogP contribution in [-0.2, 0) is 6.54 Å². The summed E-state index contributed by atoms with van der Waals surface area (Å²) < 4.78 is 0. The monoisotopic (exact) mass is 216 g/mol. The third-order valence-corrected chi connectivity index (χ3v) is 3.25. The van der Waals surface area contributed by atoms with Crippen molar-refractivity contribution in [2.45, 2.75) is 38.3 Å². The summed E-state index contributed by atoms with van der Waals surface area (Å²) in [6.07, 6.45) is 8.94. The first kappa shape index (κ1) is 9.78. The number of imidazole rings is 1. The minimum atomic E-state index is 0.686. The van der Waals surface area contributed by atoms with Crippen molar-refractivity contribution in [2.24, 2.45) is 0 Å². The Bertz CT molecular complexity index is 438. The van der Waals surface area contributed by atoms with E-state index in [2.05, 4.69) is 20.3 Å². The summed E-state index contributed by atoms with van der Waals surface area (Å²) in [5.74, 6) is 1.01. The first-order valence-electron chi connectivity index (χ1n) is 5.94. The molecule has 1 aliphatic carbocycles. The van der Waals surface area contributed by atoms with Gasteiger partial charge in [0.05, 0.1) is 23.8 Å². The van der Waals surface area contributed by atoms with Crippen molar-refractivity contribution in [1.82, 2.24) is 20.3 Å². The second-order valence-corrected chi connectivity index (χ2v) is 4.44. The van der Waals surface area contributed by atoms with Gasteiger partial charge in [-0.15, -0.1) is 0 Å². The Balaban J connectivity index is 1.69. The standard InChI is InChI=1S/C12H16N4/c1-2-4-9(3-1)14-8-12-15-10-5-6-13-7-11(10)16-12/h5-7,9,14H,1-4,8H2,(H,15,16). The molecule has 0 spiro atoms. The highest BCUT2D eigenvalue weighted by atomic mass is 15.0. The van der Waals surface area contributed by atoms with Gasteiger partial charge in [0.15, 0.2) is 0 Å². The Morgan fingerprint density at radius 3 is 3.06 bits per heavy atom. The van der Waals surface area contributed by atoms with Crippen LogP contribution in [-0.4, -0.2) is 21.0 Å². The molecule has 0 aliphatic heterocycles. The summed E-state index contributed by atoms with van der Waals surface area (Å²) in [5, 5.41) is 3.54. The quantitative estimate of drug-likeness (QED) is 0.825. The molecular formula is C12H16N4. The van der Waals surface area contributed by atoms with E-state index < -0.39 is 0 Å². The summed E-state index contributed by atoms with van der Waals surface area (Å²) in [4.78, 5) is 11.9. The van der Waals surface area contributed by atoms with Gasteiger partial charge in [0.2, 0.25) is 0 Å². The average molecular weight is 216 g/mol. The predicted molar refractivity (Wildman–Crippen MR) is 63.0 cm³/mol. The third-order valence-electron chi connectivity index (χ3n) is 3.25. The summed E-state index contributed by atoms with van der Waals surface area (Å²) >= 11 is 0. The van der Waals surface area contributed by atoms with Gasteiger partial charge in [0, 0.05) is 12.2 Å². The minimum Gasteiger partial charge on any atom is -0.340 e. The highest BCUT2D eigenvalue weighted by molar-refractivity contribution is 5.73. The number of nitrogens with one attached hydrogen (secondary N) is 2. The molecule has 0 saturated heterocycles. The number of pyridine rings is 1. The Morgan fingerprint density at radius 2 is 2.25 bits per heavy atom. The van der Waals surface area contributed by atoms with Crippen LogP contribution in [0.25, 0.3) is 11.0 Å². The highest BCUT2D eigenvalue weighted by Crippen LogP contribution is 2.18. The van der Waals surface area contributed by atoms with Crippen molar-refractivity contribution in [1.29, 1.82) is 0 Å². The number of fused-ring (bicyclic) bond motifs is 1. The second kappa shape index (κ2) is 4.22. The van der Waals surface area contributed by atoms with E-state index in [9.17, 15) is 0 Å². The van der Waals surface area contributed by atoms with Crippen LogP contribution in [0, 0.1) is 0 Å². The maximum Gasteiger partial charge on any atom is 0.121 e. The van der Waals surface area contributed by atoms with Crippen molar-refractivity contribution in [3.63, 3.8) is 0 Å². The van der Waals surface area contributed by atoms with Gasteiger partial charge in [-0.3, -0.25) is 4.98 Å². The summed E-state index contributed by atoms with van der Waals surface area (Å²) in [6, 6.07) is 2.62. The van der Waals surface area contributed by atoms with Gasteiger partial charge in [-0.05, 0) is 18.9 Å². The topological polar surface area (TPSA) is 53.6 Å². The number of aromatic nitrogens is 3. The molecule has 0 bridgehead atoms. The van der Waals surface area contributed by atoms with Crippen LogP contribution in [0.4, 0.5) is 0 Å². The van der Waals surface area contributed by atoms with Gasteiger partial charge in [-0.2, -0.15) is 0 Å². The average Bonchev–Trinajstić information content (AvgIpc) is 2.95.